The lowest BCUT2D eigenvalue weighted by Gasteiger charge is -2.18. The van der Waals surface area contributed by atoms with Crippen LogP contribution >= 0.6 is 11.3 Å². The fraction of sp³-hybridized carbons (Fsp3) is 0.300. The highest BCUT2D eigenvalue weighted by atomic mass is 32.1. The highest BCUT2D eigenvalue weighted by Crippen LogP contribution is 2.32. The fourth-order valence-corrected chi connectivity index (χ4v) is 4.23. The molecule has 2 aromatic carbocycles. The van der Waals surface area contributed by atoms with Crippen LogP contribution < -0.4 is 10.2 Å². The molecule has 3 aromatic rings. The van der Waals surface area contributed by atoms with Crippen LogP contribution in [0.15, 0.2) is 42.5 Å². The number of hydrogen-bond donors (Lipinski definition) is 1. The number of rotatable bonds is 5. The van der Waals surface area contributed by atoms with Crippen molar-refractivity contribution in [3.8, 4) is 0 Å². The summed E-state index contributed by atoms with van der Waals surface area (Å²) in [6, 6.07) is 13.8. The standard InChI is InChI=1S/C20H20N4O2S/c1-2-6-17-22-23-20(27-17)21-19(26)14-11-18(25)24(12-14)16-10-5-8-13-7-3-4-9-15(13)16/h3-5,7-10,14H,2,6,11-12H2,1H3,(H,21,23,26). The van der Waals surface area contributed by atoms with E-state index in [2.05, 4.69) is 22.4 Å². The Morgan fingerprint density at radius 1 is 1.22 bits per heavy atom. The van der Waals surface area contributed by atoms with Crippen LogP contribution in [0.25, 0.3) is 10.8 Å². The molecule has 1 saturated heterocycles. The minimum absolute atomic E-state index is 0.0320. The monoisotopic (exact) mass is 380 g/mol. The van der Waals surface area contributed by atoms with Crippen LogP contribution in [0.3, 0.4) is 0 Å². The van der Waals surface area contributed by atoms with E-state index in [9.17, 15) is 9.59 Å². The van der Waals surface area contributed by atoms with Gasteiger partial charge in [-0.3, -0.25) is 9.59 Å². The molecule has 4 rings (SSSR count). The molecule has 27 heavy (non-hydrogen) atoms. The summed E-state index contributed by atoms with van der Waals surface area (Å²) in [6.45, 7) is 2.45. The largest absolute Gasteiger partial charge is 0.311 e. The van der Waals surface area contributed by atoms with E-state index in [0.717, 1.165) is 34.3 Å². The van der Waals surface area contributed by atoms with Crippen molar-refractivity contribution in [1.29, 1.82) is 0 Å². The topological polar surface area (TPSA) is 75.2 Å². The zero-order valence-corrected chi connectivity index (χ0v) is 15.8. The third-order valence-corrected chi connectivity index (χ3v) is 5.61. The van der Waals surface area contributed by atoms with Crippen molar-refractivity contribution in [2.75, 3.05) is 16.8 Å². The molecule has 0 saturated carbocycles. The van der Waals surface area contributed by atoms with Crippen molar-refractivity contribution in [3.63, 3.8) is 0 Å². The molecule has 1 aliphatic rings. The molecule has 1 N–H and O–H groups in total. The average Bonchev–Trinajstić information content (AvgIpc) is 3.28. The lowest BCUT2D eigenvalue weighted by Crippen LogP contribution is -2.28. The summed E-state index contributed by atoms with van der Waals surface area (Å²) in [7, 11) is 0. The quantitative estimate of drug-likeness (QED) is 0.733. The normalized spacial score (nSPS) is 16.9. The summed E-state index contributed by atoms with van der Waals surface area (Å²) < 4.78 is 0. The summed E-state index contributed by atoms with van der Waals surface area (Å²) >= 11 is 1.39. The average molecular weight is 380 g/mol. The van der Waals surface area contributed by atoms with E-state index >= 15 is 0 Å². The van der Waals surface area contributed by atoms with Crippen LogP contribution in [0.4, 0.5) is 10.8 Å². The van der Waals surface area contributed by atoms with Gasteiger partial charge in [-0.05, 0) is 17.9 Å². The molecule has 1 aliphatic heterocycles. The number of aromatic nitrogens is 2. The number of hydrogen-bond acceptors (Lipinski definition) is 5. The Bertz CT molecular complexity index is 995. The highest BCUT2D eigenvalue weighted by Gasteiger charge is 2.36. The Labute approximate surface area is 161 Å². The van der Waals surface area contributed by atoms with Gasteiger partial charge < -0.3 is 10.2 Å². The van der Waals surface area contributed by atoms with Gasteiger partial charge in [0.25, 0.3) is 0 Å². The first-order chi connectivity index (χ1) is 13.2. The van der Waals surface area contributed by atoms with Gasteiger partial charge in [-0.2, -0.15) is 0 Å². The van der Waals surface area contributed by atoms with Crippen molar-refractivity contribution in [2.45, 2.75) is 26.2 Å². The molecule has 2 heterocycles. The molecule has 1 aromatic heterocycles. The van der Waals surface area contributed by atoms with Gasteiger partial charge in [-0.15, -0.1) is 10.2 Å². The second kappa shape index (κ2) is 7.44. The predicted octanol–water partition coefficient (Wildman–Crippen LogP) is 3.64. The fourth-order valence-electron chi connectivity index (χ4n) is 3.39. The number of benzene rings is 2. The van der Waals surface area contributed by atoms with Crippen LogP contribution in [0.5, 0.6) is 0 Å². The van der Waals surface area contributed by atoms with Crippen LogP contribution in [-0.2, 0) is 16.0 Å². The van der Waals surface area contributed by atoms with Crippen LogP contribution in [0.2, 0.25) is 0 Å². The lowest BCUT2D eigenvalue weighted by atomic mass is 10.1. The van der Waals surface area contributed by atoms with Crippen LogP contribution in [-0.4, -0.2) is 28.6 Å². The van der Waals surface area contributed by atoms with E-state index in [1.807, 2.05) is 42.5 Å². The number of anilines is 2. The molecule has 6 nitrogen and oxygen atoms in total. The van der Waals surface area contributed by atoms with Crippen LogP contribution in [0, 0.1) is 5.92 Å². The molecule has 1 atom stereocenters. The Morgan fingerprint density at radius 3 is 2.89 bits per heavy atom. The number of carbonyl (C=O) groups is 2. The summed E-state index contributed by atoms with van der Waals surface area (Å²) in [5.41, 5.74) is 0.856. The maximum Gasteiger partial charge on any atom is 0.231 e. The Morgan fingerprint density at radius 2 is 2.04 bits per heavy atom. The van der Waals surface area contributed by atoms with E-state index in [4.69, 9.17) is 0 Å². The van der Waals surface area contributed by atoms with Gasteiger partial charge in [0.15, 0.2) is 0 Å². The summed E-state index contributed by atoms with van der Waals surface area (Å²) in [6.07, 6.45) is 2.04. The molecular formula is C20H20N4O2S. The maximum atomic E-state index is 12.6. The Hall–Kier alpha value is -2.80. The number of aryl methyl sites for hydroxylation is 1. The van der Waals surface area contributed by atoms with Crippen molar-refractivity contribution in [2.24, 2.45) is 5.92 Å². The van der Waals surface area contributed by atoms with Gasteiger partial charge in [-0.25, -0.2) is 0 Å². The molecule has 1 unspecified atom stereocenters. The van der Waals surface area contributed by atoms with E-state index < -0.39 is 5.92 Å². The smallest absolute Gasteiger partial charge is 0.231 e. The van der Waals surface area contributed by atoms with Gasteiger partial charge in [-0.1, -0.05) is 54.7 Å². The van der Waals surface area contributed by atoms with Gasteiger partial charge in [0.2, 0.25) is 16.9 Å². The molecule has 0 aliphatic carbocycles. The molecular weight excluding hydrogens is 360 g/mol. The third kappa shape index (κ3) is 3.55. The third-order valence-electron chi connectivity index (χ3n) is 4.71. The van der Waals surface area contributed by atoms with Crippen molar-refractivity contribution in [1.82, 2.24) is 10.2 Å². The van der Waals surface area contributed by atoms with Crippen LogP contribution in [0.1, 0.15) is 24.8 Å². The second-order valence-electron chi connectivity index (χ2n) is 6.64. The Balaban J connectivity index is 1.50. The first-order valence-electron chi connectivity index (χ1n) is 9.07. The van der Waals surface area contributed by atoms with Crippen molar-refractivity contribution in [3.05, 3.63) is 47.5 Å². The molecule has 0 spiro atoms. The zero-order valence-electron chi connectivity index (χ0n) is 15.0. The number of nitrogens with zero attached hydrogens (tertiary/aromatic N) is 3. The summed E-state index contributed by atoms with van der Waals surface area (Å²) in [4.78, 5) is 26.9. The predicted molar refractivity (Wildman–Crippen MR) is 107 cm³/mol. The number of amides is 2. The number of fused-ring (bicyclic) bond motifs is 1. The minimum atomic E-state index is -0.394. The first kappa shape index (κ1) is 17.6. The molecule has 0 radical (unpaired) electrons. The zero-order chi connectivity index (χ0) is 18.8. The minimum Gasteiger partial charge on any atom is -0.311 e. The van der Waals surface area contributed by atoms with Crippen molar-refractivity contribution < 1.29 is 9.59 Å². The molecule has 138 valence electrons. The summed E-state index contributed by atoms with van der Waals surface area (Å²) in [5, 5.41) is 14.4. The van der Waals surface area contributed by atoms with E-state index in [-0.39, 0.29) is 18.2 Å². The highest BCUT2D eigenvalue weighted by molar-refractivity contribution is 7.15. The first-order valence-corrected chi connectivity index (χ1v) is 9.88. The maximum absolute atomic E-state index is 12.6. The number of nitrogens with one attached hydrogen (secondary N) is 1. The Kier molecular flexibility index (Phi) is 4.85. The number of carbonyl (C=O) groups excluding carboxylic acids is 2. The van der Waals surface area contributed by atoms with Crippen molar-refractivity contribution >= 4 is 44.7 Å². The molecule has 1 fully saturated rings. The van der Waals surface area contributed by atoms with E-state index in [1.165, 1.54) is 11.3 Å². The van der Waals surface area contributed by atoms with E-state index in [1.54, 1.807) is 4.90 Å². The molecule has 0 bridgehead atoms. The van der Waals surface area contributed by atoms with E-state index in [0.29, 0.717) is 11.7 Å². The summed E-state index contributed by atoms with van der Waals surface area (Å²) in [5.74, 6) is -0.601. The van der Waals surface area contributed by atoms with Gasteiger partial charge in [0.1, 0.15) is 5.01 Å². The van der Waals surface area contributed by atoms with Gasteiger partial charge >= 0.3 is 0 Å². The SMILES string of the molecule is CCCc1nnc(NC(=O)C2CC(=O)N(c3cccc4ccccc34)C2)s1. The van der Waals surface area contributed by atoms with Gasteiger partial charge in [0, 0.05) is 24.8 Å². The van der Waals surface area contributed by atoms with Gasteiger partial charge in [0.05, 0.1) is 11.6 Å². The second-order valence-corrected chi connectivity index (χ2v) is 7.71. The molecule has 7 heteroatoms. The lowest BCUT2D eigenvalue weighted by molar-refractivity contribution is -0.122. The molecule has 2 amide bonds.